The summed E-state index contributed by atoms with van der Waals surface area (Å²) in [6, 6.07) is 4.41. The van der Waals surface area contributed by atoms with Crippen LogP contribution < -0.4 is 0 Å². The molecule has 3 heteroatoms. The zero-order valence-electron chi connectivity index (χ0n) is 12.5. The van der Waals surface area contributed by atoms with Crippen LogP contribution in [0.4, 0.5) is 4.39 Å². The fourth-order valence-corrected chi connectivity index (χ4v) is 3.45. The Kier molecular flexibility index (Phi) is 4.46. The van der Waals surface area contributed by atoms with E-state index in [1.54, 1.807) is 6.07 Å². The molecule has 1 aliphatic rings. The Morgan fingerprint density at radius 3 is 2.40 bits per heavy atom. The van der Waals surface area contributed by atoms with Crippen molar-refractivity contribution in [3.8, 4) is 0 Å². The molecular weight excluding hydrogens is 275 g/mol. The van der Waals surface area contributed by atoms with E-state index in [1.807, 2.05) is 0 Å². The van der Waals surface area contributed by atoms with Gasteiger partial charge in [0, 0.05) is 11.4 Å². The Balaban J connectivity index is 2.03. The van der Waals surface area contributed by atoms with Crippen LogP contribution in [-0.2, 0) is 6.42 Å². The van der Waals surface area contributed by atoms with Gasteiger partial charge in [-0.05, 0) is 54.7 Å². The summed E-state index contributed by atoms with van der Waals surface area (Å²) < 4.78 is 13.1. The molecule has 0 saturated heterocycles. The monoisotopic (exact) mass is 298 g/mol. The van der Waals surface area contributed by atoms with Crippen LogP contribution >= 0.6 is 11.6 Å². The van der Waals surface area contributed by atoms with E-state index in [4.69, 9.17) is 11.6 Å². The lowest BCUT2D eigenvalue weighted by molar-refractivity contribution is -0.0245. The number of benzene rings is 1. The van der Waals surface area contributed by atoms with Gasteiger partial charge in [-0.3, -0.25) is 0 Å². The first-order valence-electron chi connectivity index (χ1n) is 7.36. The molecule has 1 aromatic rings. The minimum absolute atomic E-state index is 0.300. The third kappa shape index (κ3) is 3.73. The molecule has 1 aromatic carbocycles. The summed E-state index contributed by atoms with van der Waals surface area (Å²) in [5, 5.41) is 11.2. The summed E-state index contributed by atoms with van der Waals surface area (Å²) in [6.45, 7) is 6.79. The molecule has 1 aliphatic carbocycles. The van der Waals surface area contributed by atoms with Gasteiger partial charge >= 0.3 is 0 Å². The van der Waals surface area contributed by atoms with Gasteiger partial charge in [-0.25, -0.2) is 4.39 Å². The van der Waals surface area contributed by atoms with Gasteiger partial charge in [-0.1, -0.05) is 38.4 Å². The van der Waals surface area contributed by atoms with Crippen molar-refractivity contribution in [3.63, 3.8) is 0 Å². The molecule has 0 aromatic heterocycles. The van der Waals surface area contributed by atoms with Crippen molar-refractivity contribution in [2.24, 2.45) is 11.3 Å². The molecule has 2 rings (SSSR count). The molecule has 0 spiro atoms. The second kappa shape index (κ2) is 5.65. The SMILES string of the molecule is CC(C)(C)C1CCC(O)(Cc2ccc(F)cc2Cl)CC1. The summed E-state index contributed by atoms with van der Waals surface area (Å²) in [6.07, 6.45) is 4.19. The van der Waals surface area contributed by atoms with Gasteiger partial charge in [-0.2, -0.15) is 0 Å². The summed E-state index contributed by atoms with van der Waals surface area (Å²) in [5.41, 5.74) is 0.447. The number of hydrogen-bond donors (Lipinski definition) is 1. The molecule has 1 fully saturated rings. The van der Waals surface area contributed by atoms with Gasteiger partial charge in [0.05, 0.1) is 5.60 Å². The lowest BCUT2D eigenvalue weighted by Gasteiger charge is -2.41. The third-order valence-electron chi connectivity index (χ3n) is 4.68. The summed E-state index contributed by atoms with van der Waals surface area (Å²) >= 11 is 6.06. The molecule has 0 amide bonds. The van der Waals surface area contributed by atoms with Gasteiger partial charge in [0.15, 0.2) is 0 Å². The summed E-state index contributed by atoms with van der Waals surface area (Å²) in [5.74, 6) is 0.327. The Morgan fingerprint density at radius 1 is 1.30 bits per heavy atom. The van der Waals surface area contributed by atoms with Crippen LogP contribution in [0.25, 0.3) is 0 Å². The average molecular weight is 299 g/mol. The Hall–Kier alpha value is -0.600. The number of rotatable bonds is 2. The van der Waals surface area contributed by atoms with Crippen molar-refractivity contribution >= 4 is 11.6 Å². The molecule has 0 aliphatic heterocycles. The van der Waals surface area contributed by atoms with E-state index in [2.05, 4.69) is 20.8 Å². The minimum atomic E-state index is -0.691. The Morgan fingerprint density at radius 2 is 1.90 bits per heavy atom. The molecule has 0 atom stereocenters. The summed E-state index contributed by atoms with van der Waals surface area (Å²) in [7, 11) is 0. The standard InChI is InChI=1S/C17H24ClFO/c1-16(2,3)13-6-8-17(20,9-7-13)11-12-4-5-14(19)10-15(12)18/h4-5,10,13,20H,6-9,11H2,1-3H3. The second-order valence-corrected chi connectivity index (χ2v) is 7.68. The predicted molar refractivity (Wildman–Crippen MR) is 81.5 cm³/mol. The van der Waals surface area contributed by atoms with E-state index in [0.29, 0.717) is 22.8 Å². The molecule has 0 bridgehead atoms. The van der Waals surface area contributed by atoms with Crippen LogP contribution in [-0.4, -0.2) is 10.7 Å². The van der Waals surface area contributed by atoms with Crippen molar-refractivity contribution in [2.75, 3.05) is 0 Å². The van der Waals surface area contributed by atoms with Crippen molar-refractivity contribution in [2.45, 2.75) is 58.5 Å². The van der Waals surface area contributed by atoms with Gasteiger partial charge in [0.1, 0.15) is 5.82 Å². The fraction of sp³-hybridized carbons (Fsp3) is 0.647. The van der Waals surface area contributed by atoms with Gasteiger partial charge in [0.2, 0.25) is 0 Å². The van der Waals surface area contributed by atoms with E-state index >= 15 is 0 Å². The number of halogens is 2. The highest BCUT2D eigenvalue weighted by atomic mass is 35.5. The number of aliphatic hydroxyl groups is 1. The van der Waals surface area contributed by atoms with E-state index in [1.165, 1.54) is 12.1 Å². The molecule has 0 unspecified atom stereocenters. The first-order chi connectivity index (χ1) is 9.20. The molecule has 112 valence electrons. The zero-order valence-corrected chi connectivity index (χ0v) is 13.3. The molecule has 1 saturated carbocycles. The zero-order chi connectivity index (χ0) is 15.0. The number of hydrogen-bond acceptors (Lipinski definition) is 1. The van der Waals surface area contributed by atoms with E-state index in [0.717, 1.165) is 31.2 Å². The lowest BCUT2D eigenvalue weighted by Crippen LogP contribution is -2.39. The third-order valence-corrected chi connectivity index (χ3v) is 5.03. The van der Waals surface area contributed by atoms with Gasteiger partial charge in [-0.15, -0.1) is 0 Å². The van der Waals surface area contributed by atoms with E-state index in [9.17, 15) is 9.50 Å². The van der Waals surface area contributed by atoms with E-state index < -0.39 is 5.60 Å². The van der Waals surface area contributed by atoms with Crippen molar-refractivity contribution in [1.82, 2.24) is 0 Å². The summed E-state index contributed by atoms with van der Waals surface area (Å²) in [4.78, 5) is 0. The van der Waals surface area contributed by atoms with Crippen LogP contribution in [0.15, 0.2) is 18.2 Å². The van der Waals surface area contributed by atoms with Crippen LogP contribution in [0.1, 0.15) is 52.0 Å². The van der Waals surface area contributed by atoms with Crippen molar-refractivity contribution < 1.29 is 9.50 Å². The largest absolute Gasteiger partial charge is 0.390 e. The van der Waals surface area contributed by atoms with Crippen LogP contribution in [0.3, 0.4) is 0 Å². The topological polar surface area (TPSA) is 20.2 Å². The lowest BCUT2D eigenvalue weighted by atomic mass is 9.67. The van der Waals surface area contributed by atoms with Crippen LogP contribution in [0.2, 0.25) is 5.02 Å². The smallest absolute Gasteiger partial charge is 0.124 e. The van der Waals surface area contributed by atoms with Crippen LogP contribution in [0.5, 0.6) is 0 Å². The molecule has 0 heterocycles. The Bertz CT molecular complexity index is 470. The quantitative estimate of drug-likeness (QED) is 0.815. The first kappa shape index (κ1) is 15.8. The van der Waals surface area contributed by atoms with Gasteiger partial charge < -0.3 is 5.11 Å². The van der Waals surface area contributed by atoms with Crippen LogP contribution in [0, 0.1) is 17.2 Å². The molecule has 1 N–H and O–H groups in total. The van der Waals surface area contributed by atoms with Crippen molar-refractivity contribution in [3.05, 3.63) is 34.6 Å². The second-order valence-electron chi connectivity index (χ2n) is 7.28. The van der Waals surface area contributed by atoms with E-state index in [-0.39, 0.29) is 5.82 Å². The normalized spacial score (nSPS) is 27.6. The average Bonchev–Trinajstić information content (AvgIpc) is 2.32. The molecular formula is C17H24ClFO. The fourth-order valence-electron chi connectivity index (χ4n) is 3.22. The Labute approximate surface area is 126 Å². The highest BCUT2D eigenvalue weighted by Crippen LogP contribution is 2.42. The molecule has 0 radical (unpaired) electrons. The highest BCUT2D eigenvalue weighted by Gasteiger charge is 2.37. The van der Waals surface area contributed by atoms with Gasteiger partial charge in [0.25, 0.3) is 0 Å². The molecule has 20 heavy (non-hydrogen) atoms. The highest BCUT2D eigenvalue weighted by molar-refractivity contribution is 6.31. The molecule has 1 nitrogen and oxygen atoms in total. The minimum Gasteiger partial charge on any atom is -0.390 e. The maximum Gasteiger partial charge on any atom is 0.124 e. The predicted octanol–water partition coefficient (Wildman–Crippen LogP) is 4.99. The maximum atomic E-state index is 13.1. The first-order valence-corrected chi connectivity index (χ1v) is 7.74. The maximum absolute atomic E-state index is 13.1. The van der Waals surface area contributed by atoms with Crippen molar-refractivity contribution in [1.29, 1.82) is 0 Å².